The summed E-state index contributed by atoms with van der Waals surface area (Å²) in [5.41, 5.74) is 1.91. The third kappa shape index (κ3) is 3.69. The van der Waals surface area contributed by atoms with E-state index in [1.54, 1.807) is 42.5 Å². The molecule has 0 spiro atoms. The SMILES string of the molecule is CCCNC(=O)c1cc(CN2C(=O)c3ccccc3C2=O)ccc1OCC. The molecule has 1 heterocycles. The van der Waals surface area contributed by atoms with Crippen molar-refractivity contribution in [2.45, 2.75) is 26.8 Å². The van der Waals surface area contributed by atoms with Gasteiger partial charge in [-0.25, -0.2) is 0 Å². The van der Waals surface area contributed by atoms with E-state index in [4.69, 9.17) is 4.74 Å². The van der Waals surface area contributed by atoms with Crippen molar-refractivity contribution in [3.05, 3.63) is 64.7 Å². The second-order valence-electron chi connectivity index (χ2n) is 6.26. The first kappa shape index (κ1) is 18.6. The molecular weight excluding hydrogens is 344 g/mol. The highest BCUT2D eigenvalue weighted by Gasteiger charge is 2.35. The van der Waals surface area contributed by atoms with Gasteiger partial charge in [-0.2, -0.15) is 0 Å². The van der Waals surface area contributed by atoms with Gasteiger partial charge in [-0.15, -0.1) is 0 Å². The van der Waals surface area contributed by atoms with Crippen molar-refractivity contribution >= 4 is 17.7 Å². The number of hydrogen-bond donors (Lipinski definition) is 1. The Kier molecular flexibility index (Phi) is 5.54. The summed E-state index contributed by atoms with van der Waals surface area (Å²) in [4.78, 5) is 38.7. The van der Waals surface area contributed by atoms with Gasteiger partial charge in [0, 0.05) is 6.54 Å². The highest BCUT2D eigenvalue weighted by Crippen LogP contribution is 2.26. The first-order valence-corrected chi connectivity index (χ1v) is 9.06. The average molecular weight is 366 g/mol. The molecule has 6 heteroatoms. The van der Waals surface area contributed by atoms with Gasteiger partial charge >= 0.3 is 0 Å². The van der Waals surface area contributed by atoms with E-state index in [0.29, 0.717) is 41.2 Å². The lowest BCUT2D eigenvalue weighted by molar-refractivity contribution is 0.0642. The van der Waals surface area contributed by atoms with Crippen molar-refractivity contribution in [3.63, 3.8) is 0 Å². The molecule has 0 atom stereocenters. The maximum atomic E-state index is 12.5. The van der Waals surface area contributed by atoms with Gasteiger partial charge in [0.1, 0.15) is 5.75 Å². The van der Waals surface area contributed by atoms with Gasteiger partial charge in [-0.05, 0) is 43.2 Å². The molecule has 0 unspecified atom stereocenters. The first-order chi connectivity index (χ1) is 13.1. The van der Waals surface area contributed by atoms with Crippen molar-refractivity contribution in [1.82, 2.24) is 10.2 Å². The van der Waals surface area contributed by atoms with Gasteiger partial charge in [0.25, 0.3) is 17.7 Å². The van der Waals surface area contributed by atoms with E-state index >= 15 is 0 Å². The number of imide groups is 1. The maximum Gasteiger partial charge on any atom is 0.261 e. The summed E-state index contributed by atoms with van der Waals surface area (Å²) in [5.74, 6) is -0.385. The van der Waals surface area contributed by atoms with Gasteiger partial charge in [0.2, 0.25) is 0 Å². The van der Waals surface area contributed by atoms with Gasteiger partial charge in [0.05, 0.1) is 29.8 Å². The van der Waals surface area contributed by atoms with E-state index < -0.39 is 0 Å². The number of benzene rings is 2. The van der Waals surface area contributed by atoms with Gasteiger partial charge < -0.3 is 10.1 Å². The van der Waals surface area contributed by atoms with Crippen LogP contribution in [0.4, 0.5) is 0 Å². The Hall–Kier alpha value is -3.15. The Balaban J connectivity index is 1.86. The van der Waals surface area contributed by atoms with Crippen LogP contribution in [0.3, 0.4) is 0 Å². The predicted molar refractivity (Wildman–Crippen MR) is 101 cm³/mol. The van der Waals surface area contributed by atoms with Crippen molar-refractivity contribution in [2.24, 2.45) is 0 Å². The summed E-state index contributed by atoms with van der Waals surface area (Å²) in [6.45, 7) is 4.93. The van der Waals surface area contributed by atoms with E-state index in [-0.39, 0.29) is 24.3 Å². The fourth-order valence-electron chi connectivity index (χ4n) is 3.03. The Labute approximate surface area is 158 Å². The molecule has 140 valence electrons. The van der Waals surface area contributed by atoms with Crippen molar-refractivity contribution in [1.29, 1.82) is 0 Å². The molecule has 27 heavy (non-hydrogen) atoms. The molecule has 0 aliphatic carbocycles. The molecule has 1 N–H and O–H groups in total. The molecule has 0 aromatic heterocycles. The number of ether oxygens (including phenoxy) is 1. The smallest absolute Gasteiger partial charge is 0.261 e. The minimum absolute atomic E-state index is 0.104. The molecule has 0 bridgehead atoms. The standard InChI is InChI=1S/C21H22N2O4/c1-3-11-22-19(24)17-12-14(9-10-18(17)27-4-2)13-23-20(25)15-7-5-6-8-16(15)21(23)26/h5-10,12H,3-4,11,13H2,1-2H3,(H,22,24). The maximum absolute atomic E-state index is 12.5. The van der Waals surface area contributed by atoms with Crippen LogP contribution in [0.2, 0.25) is 0 Å². The van der Waals surface area contributed by atoms with Gasteiger partial charge in [0.15, 0.2) is 0 Å². The largest absolute Gasteiger partial charge is 0.493 e. The lowest BCUT2D eigenvalue weighted by Crippen LogP contribution is -2.29. The minimum atomic E-state index is -0.318. The number of hydrogen-bond acceptors (Lipinski definition) is 4. The van der Waals surface area contributed by atoms with E-state index in [9.17, 15) is 14.4 Å². The molecule has 0 fully saturated rings. The number of carbonyl (C=O) groups excluding carboxylic acids is 3. The van der Waals surface area contributed by atoms with Crippen LogP contribution in [0.15, 0.2) is 42.5 Å². The lowest BCUT2D eigenvalue weighted by Gasteiger charge is -2.16. The third-order valence-corrected chi connectivity index (χ3v) is 4.34. The number of amides is 3. The van der Waals surface area contributed by atoms with Gasteiger partial charge in [-0.1, -0.05) is 25.1 Å². The molecule has 1 aliphatic heterocycles. The highest BCUT2D eigenvalue weighted by atomic mass is 16.5. The molecule has 3 rings (SSSR count). The Morgan fingerprint density at radius 1 is 1.04 bits per heavy atom. The van der Waals surface area contributed by atoms with Crippen LogP contribution in [0.5, 0.6) is 5.75 Å². The van der Waals surface area contributed by atoms with Crippen LogP contribution >= 0.6 is 0 Å². The Bertz CT molecular complexity index is 857. The summed E-state index contributed by atoms with van der Waals surface area (Å²) in [5, 5.41) is 2.83. The van der Waals surface area contributed by atoms with Crippen molar-refractivity contribution in [3.8, 4) is 5.75 Å². The average Bonchev–Trinajstić information content (AvgIpc) is 2.92. The van der Waals surface area contributed by atoms with Crippen molar-refractivity contribution in [2.75, 3.05) is 13.2 Å². The molecule has 6 nitrogen and oxygen atoms in total. The number of carbonyl (C=O) groups is 3. The number of rotatable bonds is 7. The number of fused-ring (bicyclic) bond motifs is 1. The van der Waals surface area contributed by atoms with E-state index in [2.05, 4.69) is 5.32 Å². The quantitative estimate of drug-likeness (QED) is 0.764. The fraction of sp³-hybridized carbons (Fsp3) is 0.286. The zero-order chi connectivity index (χ0) is 19.4. The molecule has 0 radical (unpaired) electrons. The third-order valence-electron chi connectivity index (χ3n) is 4.34. The second kappa shape index (κ2) is 8.03. The van der Waals surface area contributed by atoms with Crippen LogP contribution in [-0.2, 0) is 6.54 Å². The monoisotopic (exact) mass is 366 g/mol. The summed E-state index contributed by atoms with van der Waals surface area (Å²) >= 11 is 0. The summed E-state index contributed by atoms with van der Waals surface area (Å²) in [6, 6.07) is 11.9. The van der Waals surface area contributed by atoms with E-state index in [0.717, 1.165) is 6.42 Å². The van der Waals surface area contributed by atoms with Crippen molar-refractivity contribution < 1.29 is 19.1 Å². The van der Waals surface area contributed by atoms with Crippen LogP contribution in [0, 0.1) is 0 Å². The van der Waals surface area contributed by atoms with E-state index in [1.165, 1.54) is 4.90 Å². The van der Waals surface area contributed by atoms with Crippen LogP contribution in [0.1, 0.15) is 56.9 Å². The number of nitrogens with zero attached hydrogens (tertiary/aromatic N) is 1. The predicted octanol–water partition coefficient (Wildman–Crippen LogP) is 3.02. The van der Waals surface area contributed by atoms with Crippen LogP contribution < -0.4 is 10.1 Å². The molecule has 1 aliphatic rings. The van der Waals surface area contributed by atoms with Crippen LogP contribution in [0.25, 0.3) is 0 Å². The molecule has 0 saturated carbocycles. The second-order valence-corrected chi connectivity index (χ2v) is 6.26. The Morgan fingerprint density at radius 2 is 1.70 bits per heavy atom. The van der Waals surface area contributed by atoms with Gasteiger partial charge in [-0.3, -0.25) is 19.3 Å². The summed E-state index contributed by atoms with van der Waals surface area (Å²) < 4.78 is 5.55. The number of nitrogens with one attached hydrogen (secondary N) is 1. The van der Waals surface area contributed by atoms with E-state index in [1.807, 2.05) is 13.8 Å². The lowest BCUT2D eigenvalue weighted by atomic mass is 10.1. The first-order valence-electron chi connectivity index (χ1n) is 9.06. The van der Waals surface area contributed by atoms with Crippen LogP contribution in [-0.4, -0.2) is 35.8 Å². The fourth-order valence-corrected chi connectivity index (χ4v) is 3.03. The molecule has 2 aromatic rings. The zero-order valence-corrected chi connectivity index (χ0v) is 15.5. The topological polar surface area (TPSA) is 75.7 Å². The minimum Gasteiger partial charge on any atom is -0.493 e. The molecule has 0 saturated heterocycles. The summed E-state index contributed by atoms with van der Waals surface area (Å²) in [6.07, 6.45) is 0.824. The summed E-state index contributed by atoms with van der Waals surface area (Å²) in [7, 11) is 0. The highest BCUT2D eigenvalue weighted by molar-refractivity contribution is 6.21. The Morgan fingerprint density at radius 3 is 2.30 bits per heavy atom. The molecule has 3 amide bonds. The zero-order valence-electron chi connectivity index (χ0n) is 15.5. The normalized spacial score (nSPS) is 12.9. The molecule has 2 aromatic carbocycles. The molecular formula is C21H22N2O4.